The van der Waals surface area contributed by atoms with E-state index >= 15 is 0 Å². The van der Waals surface area contributed by atoms with Crippen molar-refractivity contribution < 1.29 is 19.8 Å². The predicted octanol–water partition coefficient (Wildman–Crippen LogP) is -2.42. The Balaban J connectivity index is -0.000000320. The molecule has 0 spiro atoms. The van der Waals surface area contributed by atoms with Crippen LogP contribution < -0.4 is 5.73 Å². The molecule has 0 heterocycles. The van der Waals surface area contributed by atoms with Gasteiger partial charge in [0.1, 0.15) is 6.04 Å². The Kier molecular flexibility index (Phi) is 16.0. The number of carboxylic acid groups (broad SMARTS) is 2. The molecule has 0 saturated carbocycles. The molecule has 7 heteroatoms. The van der Waals surface area contributed by atoms with Gasteiger partial charge in [-0.05, 0) is 0 Å². The normalized spacial score (nSPS) is 10.3. The van der Waals surface area contributed by atoms with Gasteiger partial charge in [-0.15, -0.1) is 0 Å². The first-order valence-corrected chi connectivity index (χ1v) is 2.24. The maximum absolute atomic E-state index is 9.85. The zero-order valence-corrected chi connectivity index (χ0v) is 4.57. The average molecular weight is 197 g/mol. The first kappa shape index (κ1) is 18.3. The SMILES string of the molecule is NC(CC(=O)O)C(=O)O.[KH].[NaH]. The Morgan fingerprint density at radius 1 is 1.36 bits per heavy atom. The molecule has 4 N–H and O–H groups in total. The third-order valence-electron chi connectivity index (χ3n) is 0.712. The van der Waals surface area contributed by atoms with Crippen LogP contribution in [0.4, 0.5) is 0 Å². The number of aliphatic carboxylic acids is 2. The molecule has 0 aliphatic heterocycles. The van der Waals surface area contributed by atoms with E-state index in [0.29, 0.717) is 0 Å². The first-order valence-electron chi connectivity index (χ1n) is 2.24. The summed E-state index contributed by atoms with van der Waals surface area (Å²) < 4.78 is 0. The van der Waals surface area contributed by atoms with Gasteiger partial charge in [0, 0.05) is 0 Å². The quantitative estimate of drug-likeness (QED) is 0.437. The van der Waals surface area contributed by atoms with Crippen molar-refractivity contribution >= 4 is 92.9 Å². The van der Waals surface area contributed by atoms with Crippen LogP contribution >= 0.6 is 0 Å². The monoisotopic (exact) mass is 197 g/mol. The van der Waals surface area contributed by atoms with E-state index in [1.54, 1.807) is 0 Å². The summed E-state index contributed by atoms with van der Waals surface area (Å²) >= 11 is 0. The molecule has 11 heavy (non-hydrogen) atoms. The average Bonchev–Trinajstić information content (AvgIpc) is 1.63. The van der Waals surface area contributed by atoms with Gasteiger partial charge >= 0.3 is 92.9 Å². The summed E-state index contributed by atoms with van der Waals surface area (Å²) in [7, 11) is 0. The number of carboxylic acids is 2. The van der Waals surface area contributed by atoms with Crippen LogP contribution in [0.2, 0.25) is 0 Å². The van der Waals surface area contributed by atoms with Gasteiger partial charge in [0.2, 0.25) is 0 Å². The molecule has 0 aliphatic carbocycles. The van der Waals surface area contributed by atoms with Gasteiger partial charge in [0.05, 0.1) is 6.42 Å². The van der Waals surface area contributed by atoms with Gasteiger partial charge in [-0.1, -0.05) is 0 Å². The number of hydrogen-bond donors (Lipinski definition) is 3. The predicted molar refractivity (Wildman–Crippen MR) is 42.2 cm³/mol. The van der Waals surface area contributed by atoms with Gasteiger partial charge in [0.25, 0.3) is 0 Å². The topological polar surface area (TPSA) is 101 Å². The minimum atomic E-state index is -1.29. The molecule has 0 aromatic rings. The van der Waals surface area contributed by atoms with Crippen molar-refractivity contribution in [3.63, 3.8) is 0 Å². The van der Waals surface area contributed by atoms with Crippen molar-refractivity contribution in [2.24, 2.45) is 5.73 Å². The fourth-order valence-corrected chi connectivity index (χ4v) is 0.275. The Hall–Kier alpha value is 1.54. The molecule has 0 fully saturated rings. The van der Waals surface area contributed by atoms with Crippen molar-refractivity contribution in [1.29, 1.82) is 0 Å². The van der Waals surface area contributed by atoms with Crippen molar-refractivity contribution in [1.82, 2.24) is 0 Å². The molecular weight excluding hydrogens is 188 g/mol. The number of carbonyl (C=O) groups is 2. The zero-order chi connectivity index (χ0) is 7.44. The zero-order valence-electron chi connectivity index (χ0n) is 4.57. The third kappa shape index (κ3) is 11.5. The third-order valence-corrected chi connectivity index (χ3v) is 0.712. The van der Waals surface area contributed by atoms with Gasteiger partial charge in [-0.25, -0.2) is 0 Å². The van der Waals surface area contributed by atoms with Crippen molar-refractivity contribution in [2.75, 3.05) is 0 Å². The number of hydrogen-bond acceptors (Lipinski definition) is 3. The second kappa shape index (κ2) is 9.62. The first-order chi connectivity index (χ1) is 4.04. The molecule has 0 aromatic carbocycles. The Labute approximate surface area is 128 Å². The second-order valence-electron chi connectivity index (χ2n) is 1.54. The molecule has 1 unspecified atom stereocenters. The van der Waals surface area contributed by atoms with Crippen LogP contribution in [0.15, 0.2) is 0 Å². The molecule has 0 amide bonds. The van der Waals surface area contributed by atoms with E-state index in [2.05, 4.69) is 0 Å². The Morgan fingerprint density at radius 3 is 1.82 bits per heavy atom. The van der Waals surface area contributed by atoms with Gasteiger partial charge < -0.3 is 15.9 Å². The molecule has 0 rings (SSSR count). The summed E-state index contributed by atoms with van der Waals surface area (Å²) in [6.45, 7) is 0. The summed E-state index contributed by atoms with van der Waals surface area (Å²) in [5.41, 5.74) is 4.84. The second-order valence-corrected chi connectivity index (χ2v) is 1.54. The van der Waals surface area contributed by atoms with Crippen molar-refractivity contribution in [3.8, 4) is 0 Å². The number of rotatable bonds is 3. The van der Waals surface area contributed by atoms with Crippen LogP contribution in [-0.4, -0.2) is 109 Å². The Morgan fingerprint density at radius 2 is 1.73 bits per heavy atom. The van der Waals surface area contributed by atoms with Crippen LogP contribution in [0.3, 0.4) is 0 Å². The minimum absolute atomic E-state index is 0. The standard InChI is InChI=1S/C4H7NO4.K.Na.2H/c5-2(4(8)9)1-3(6)7;;;;/h2H,1,5H2,(H,6,7)(H,8,9);;;;. The maximum atomic E-state index is 9.85. The van der Waals surface area contributed by atoms with E-state index in [9.17, 15) is 9.59 Å². The van der Waals surface area contributed by atoms with E-state index in [0.717, 1.165) is 0 Å². The fraction of sp³-hybridized carbons (Fsp3) is 0.500. The van der Waals surface area contributed by atoms with Crippen LogP contribution in [0.5, 0.6) is 0 Å². The molecule has 0 bridgehead atoms. The summed E-state index contributed by atoms with van der Waals surface area (Å²) in [6, 6.07) is -1.29. The van der Waals surface area contributed by atoms with E-state index in [4.69, 9.17) is 15.9 Å². The molecule has 0 radical (unpaired) electrons. The van der Waals surface area contributed by atoms with Gasteiger partial charge in [0.15, 0.2) is 0 Å². The van der Waals surface area contributed by atoms with E-state index in [1.807, 2.05) is 0 Å². The van der Waals surface area contributed by atoms with Gasteiger partial charge in [-0.3, -0.25) is 9.59 Å². The molecule has 0 aliphatic rings. The van der Waals surface area contributed by atoms with E-state index < -0.39 is 24.4 Å². The molecule has 0 aromatic heterocycles. The van der Waals surface area contributed by atoms with E-state index in [-0.39, 0.29) is 80.9 Å². The van der Waals surface area contributed by atoms with Crippen molar-refractivity contribution in [2.45, 2.75) is 12.5 Å². The van der Waals surface area contributed by atoms with Gasteiger partial charge in [-0.2, -0.15) is 0 Å². The van der Waals surface area contributed by atoms with E-state index in [1.165, 1.54) is 0 Å². The van der Waals surface area contributed by atoms with Crippen LogP contribution in [0.1, 0.15) is 6.42 Å². The Bertz CT molecular complexity index is 142. The summed E-state index contributed by atoms with van der Waals surface area (Å²) in [4.78, 5) is 19.6. The molecule has 1 atom stereocenters. The van der Waals surface area contributed by atoms with Crippen molar-refractivity contribution in [3.05, 3.63) is 0 Å². The molecule has 0 saturated heterocycles. The van der Waals surface area contributed by atoms with Crippen LogP contribution in [0.25, 0.3) is 0 Å². The van der Waals surface area contributed by atoms with Crippen LogP contribution in [0, 0.1) is 0 Å². The summed E-state index contributed by atoms with van der Waals surface area (Å²) in [6.07, 6.45) is -0.532. The summed E-state index contributed by atoms with van der Waals surface area (Å²) in [5.74, 6) is -2.50. The molecular formula is C4H9KNNaO4. The van der Waals surface area contributed by atoms with Crippen LogP contribution in [-0.2, 0) is 9.59 Å². The molecule has 56 valence electrons. The number of nitrogens with two attached hydrogens (primary N) is 1. The summed E-state index contributed by atoms with van der Waals surface area (Å²) in [5, 5.41) is 16.0. The molecule has 5 nitrogen and oxygen atoms in total. The fourth-order valence-electron chi connectivity index (χ4n) is 0.275.